The molecule has 1 fully saturated rings. The lowest BCUT2D eigenvalue weighted by atomic mass is 9.83. The van der Waals surface area contributed by atoms with Crippen molar-refractivity contribution in [1.82, 2.24) is 15.1 Å². The molecule has 102 valence electrons. The molecule has 3 nitrogen and oxygen atoms in total. The van der Waals surface area contributed by atoms with Gasteiger partial charge in [0.2, 0.25) is 0 Å². The van der Waals surface area contributed by atoms with Crippen LogP contribution >= 0.6 is 15.9 Å². The lowest BCUT2D eigenvalue weighted by Crippen LogP contribution is -2.22. The Morgan fingerprint density at radius 2 is 2.17 bits per heavy atom. The van der Waals surface area contributed by atoms with Gasteiger partial charge in [-0.15, -0.1) is 0 Å². The lowest BCUT2D eigenvalue weighted by molar-refractivity contribution is 0.291. The van der Waals surface area contributed by atoms with Gasteiger partial charge in [0.15, 0.2) is 0 Å². The Morgan fingerprint density at radius 3 is 2.72 bits per heavy atom. The number of hydrogen-bond acceptors (Lipinski definition) is 2. The first-order valence-electron chi connectivity index (χ1n) is 7.21. The van der Waals surface area contributed by atoms with Crippen LogP contribution in [0.25, 0.3) is 0 Å². The summed E-state index contributed by atoms with van der Waals surface area (Å²) < 4.78 is 3.31. The second kappa shape index (κ2) is 6.71. The summed E-state index contributed by atoms with van der Waals surface area (Å²) in [5.74, 6) is 0.989. The van der Waals surface area contributed by atoms with Crippen LogP contribution in [0.1, 0.15) is 50.9 Å². The summed E-state index contributed by atoms with van der Waals surface area (Å²) in [6, 6.07) is 0. The van der Waals surface area contributed by atoms with Gasteiger partial charge >= 0.3 is 0 Å². The van der Waals surface area contributed by atoms with Gasteiger partial charge in [-0.05, 0) is 48.2 Å². The highest BCUT2D eigenvalue weighted by Crippen LogP contribution is 2.28. The summed E-state index contributed by atoms with van der Waals surface area (Å²) in [4.78, 5) is 0. The van der Waals surface area contributed by atoms with E-state index in [1.807, 2.05) is 0 Å². The van der Waals surface area contributed by atoms with Crippen molar-refractivity contribution in [1.29, 1.82) is 0 Å². The summed E-state index contributed by atoms with van der Waals surface area (Å²) in [5, 5.41) is 8.18. The predicted molar refractivity (Wildman–Crippen MR) is 78.6 cm³/mol. The molecule has 1 aromatic heterocycles. The number of rotatable bonds is 7. The molecule has 1 saturated carbocycles. The van der Waals surface area contributed by atoms with Crippen LogP contribution in [0.15, 0.2) is 4.47 Å². The summed E-state index contributed by atoms with van der Waals surface area (Å²) in [6.45, 7) is 7.30. The largest absolute Gasteiger partial charge is 0.311 e. The molecular formula is C14H24BrN3. The second-order valence-electron chi connectivity index (χ2n) is 5.14. The molecule has 1 heterocycles. The Bertz CT molecular complexity index is 383. The molecule has 0 aliphatic heterocycles. The van der Waals surface area contributed by atoms with Gasteiger partial charge in [0, 0.05) is 13.1 Å². The number of halogens is 1. The van der Waals surface area contributed by atoms with Gasteiger partial charge in [-0.3, -0.25) is 4.68 Å². The standard InChI is InChI=1S/C14H24BrN3/c1-3-12-14(15)13(18(4-2)17-12)10-16-9-8-11-6-5-7-11/h11,16H,3-10H2,1-2H3. The SMILES string of the molecule is CCc1nn(CC)c(CNCCC2CCC2)c1Br. The van der Waals surface area contributed by atoms with Gasteiger partial charge in [-0.1, -0.05) is 26.2 Å². The van der Waals surface area contributed by atoms with Crippen molar-refractivity contribution in [2.45, 2.75) is 59.0 Å². The first-order valence-corrected chi connectivity index (χ1v) is 8.00. The fourth-order valence-corrected chi connectivity index (χ4v) is 3.19. The number of nitrogens with zero attached hydrogens (tertiary/aromatic N) is 2. The van der Waals surface area contributed by atoms with Gasteiger partial charge < -0.3 is 5.32 Å². The fourth-order valence-electron chi connectivity index (χ4n) is 2.48. The highest BCUT2D eigenvalue weighted by atomic mass is 79.9. The van der Waals surface area contributed by atoms with Gasteiger partial charge in [-0.2, -0.15) is 5.10 Å². The van der Waals surface area contributed by atoms with E-state index >= 15 is 0 Å². The molecule has 1 N–H and O–H groups in total. The molecular weight excluding hydrogens is 290 g/mol. The van der Waals surface area contributed by atoms with Crippen LogP contribution in [0.2, 0.25) is 0 Å². The van der Waals surface area contributed by atoms with Crippen molar-refractivity contribution in [3.05, 3.63) is 15.9 Å². The van der Waals surface area contributed by atoms with Crippen LogP contribution in [-0.4, -0.2) is 16.3 Å². The van der Waals surface area contributed by atoms with E-state index in [0.717, 1.165) is 32.0 Å². The average molecular weight is 314 g/mol. The van der Waals surface area contributed by atoms with Crippen molar-refractivity contribution in [2.75, 3.05) is 6.54 Å². The zero-order valence-electron chi connectivity index (χ0n) is 11.5. The van der Waals surface area contributed by atoms with E-state index in [9.17, 15) is 0 Å². The Labute approximate surface area is 118 Å². The summed E-state index contributed by atoms with van der Waals surface area (Å²) in [5.41, 5.74) is 2.47. The number of nitrogens with one attached hydrogen (secondary N) is 1. The average Bonchev–Trinajstić information content (AvgIpc) is 2.63. The van der Waals surface area contributed by atoms with Crippen LogP contribution in [-0.2, 0) is 19.5 Å². The van der Waals surface area contributed by atoms with Crippen LogP contribution in [0, 0.1) is 5.92 Å². The summed E-state index contributed by atoms with van der Waals surface area (Å²) >= 11 is 3.69. The minimum Gasteiger partial charge on any atom is -0.311 e. The van der Waals surface area contributed by atoms with E-state index in [1.165, 1.54) is 41.5 Å². The third-order valence-corrected chi connectivity index (χ3v) is 4.86. The molecule has 0 aromatic carbocycles. The number of aromatic nitrogens is 2. The third kappa shape index (κ3) is 3.15. The smallest absolute Gasteiger partial charge is 0.0767 e. The number of aryl methyl sites for hydroxylation is 2. The van der Waals surface area contributed by atoms with Gasteiger partial charge in [-0.25, -0.2) is 0 Å². The maximum atomic E-state index is 4.62. The molecule has 0 unspecified atom stereocenters. The Kier molecular flexibility index (Phi) is 5.25. The van der Waals surface area contributed by atoms with Crippen molar-refractivity contribution in [3.8, 4) is 0 Å². The van der Waals surface area contributed by atoms with Gasteiger partial charge in [0.25, 0.3) is 0 Å². The summed E-state index contributed by atoms with van der Waals surface area (Å²) in [6.07, 6.45) is 6.65. The van der Waals surface area contributed by atoms with Crippen molar-refractivity contribution in [3.63, 3.8) is 0 Å². The Morgan fingerprint density at radius 1 is 1.39 bits per heavy atom. The Balaban J connectivity index is 1.84. The highest BCUT2D eigenvalue weighted by Gasteiger charge is 2.17. The first-order chi connectivity index (χ1) is 8.76. The highest BCUT2D eigenvalue weighted by molar-refractivity contribution is 9.10. The van der Waals surface area contributed by atoms with Crippen molar-refractivity contribution in [2.24, 2.45) is 5.92 Å². The monoisotopic (exact) mass is 313 g/mol. The van der Waals surface area contributed by atoms with E-state index in [1.54, 1.807) is 0 Å². The molecule has 0 amide bonds. The molecule has 0 spiro atoms. The van der Waals surface area contributed by atoms with E-state index < -0.39 is 0 Å². The minimum atomic E-state index is 0.925. The Hall–Kier alpha value is -0.350. The summed E-state index contributed by atoms with van der Waals surface area (Å²) in [7, 11) is 0. The van der Waals surface area contributed by atoms with E-state index in [4.69, 9.17) is 0 Å². The predicted octanol–water partition coefficient (Wildman–Crippen LogP) is 3.51. The topological polar surface area (TPSA) is 29.9 Å². The van der Waals surface area contributed by atoms with Gasteiger partial charge in [0.1, 0.15) is 0 Å². The first kappa shape index (κ1) is 14.1. The van der Waals surface area contributed by atoms with E-state index in [-0.39, 0.29) is 0 Å². The van der Waals surface area contributed by atoms with Crippen LogP contribution in [0.4, 0.5) is 0 Å². The molecule has 0 bridgehead atoms. The second-order valence-corrected chi connectivity index (χ2v) is 5.93. The quantitative estimate of drug-likeness (QED) is 0.781. The molecule has 2 rings (SSSR count). The maximum absolute atomic E-state index is 4.62. The third-order valence-electron chi connectivity index (χ3n) is 3.94. The van der Waals surface area contributed by atoms with E-state index in [0.29, 0.717) is 0 Å². The van der Waals surface area contributed by atoms with E-state index in [2.05, 4.69) is 44.9 Å². The molecule has 1 aromatic rings. The van der Waals surface area contributed by atoms with Gasteiger partial charge in [0.05, 0.1) is 15.9 Å². The maximum Gasteiger partial charge on any atom is 0.0767 e. The normalized spacial score (nSPS) is 15.9. The molecule has 0 radical (unpaired) electrons. The zero-order valence-corrected chi connectivity index (χ0v) is 13.1. The molecule has 0 saturated heterocycles. The van der Waals surface area contributed by atoms with Crippen LogP contribution < -0.4 is 5.32 Å². The van der Waals surface area contributed by atoms with Crippen molar-refractivity contribution >= 4 is 15.9 Å². The molecule has 18 heavy (non-hydrogen) atoms. The zero-order chi connectivity index (χ0) is 13.0. The molecule has 4 heteroatoms. The minimum absolute atomic E-state index is 0.925. The molecule has 1 aliphatic rings. The lowest BCUT2D eigenvalue weighted by Gasteiger charge is -2.25. The molecule has 1 aliphatic carbocycles. The van der Waals surface area contributed by atoms with Crippen LogP contribution in [0.3, 0.4) is 0 Å². The van der Waals surface area contributed by atoms with Crippen molar-refractivity contribution < 1.29 is 0 Å². The fraction of sp³-hybridized carbons (Fsp3) is 0.786. The van der Waals surface area contributed by atoms with Crippen LogP contribution in [0.5, 0.6) is 0 Å². The number of hydrogen-bond donors (Lipinski definition) is 1. The molecule has 0 atom stereocenters.